The van der Waals surface area contributed by atoms with Crippen LogP contribution in [-0.4, -0.2) is 16.9 Å². The number of alkyl halides is 1. The zero-order valence-corrected chi connectivity index (χ0v) is 13.0. The van der Waals surface area contributed by atoms with Crippen LogP contribution in [0.2, 0.25) is 0 Å². The van der Waals surface area contributed by atoms with Crippen LogP contribution in [-0.2, 0) is 11.3 Å². The van der Waals surface area contributed by atoms with Crippen LogP contribution in [0.15, 0.2) is 48.5 Å². The maximum atomic E-state index is 11.4. The normalized spacial score (nSPS) is 11.5. The van der Waals surface area contributed by atoms with Crippen molar-refractivity contribution in [1.82, 2.24) is 5.32 Å². The number of phenolic OH excluding ortho intramolecular Hbond substituents is 1. The fourth-order valence-electron chi connectivity index (χ4n) is 3.24. The zero-order chi connectivity index (χ0) is 16.0. The summed E-state index contributed by atoms with van der Waals surface area (Å²) in [4.78, 5) is 11.4. The Morgan fingerprint density at radius 2 is 1.52 bits per heavy atom. The molecule has 0 bridgehead atoms. The van der Waals surface area contributed by atoms with E-state index in [0.717, 1.165) is 37.9 Å². The summed E-state index contributed by atoms with van der Waals surface area (Å²) in [6.07, 6.45) is 0. The van der Waals surface area contributed by atoms with E-state index in [0.29, 0.717) is 6.54 Å². The van der Waals surface area contributed by atoms with Crippen molar-refractivity contribution < 1.29 is 9.90 Å². The molecule has 2 N–H and O–H groups in total. The van der Waals surface area contributed by atoms with Gasteiger partial charge in [0.15, 0.2) is 0 Å². The Morgan fingerprint density at radius 1 is 0.913 bits per heavy atom. The Balaban J connectivity index is 2.00. The first-order chi connectivity index (χ1) is 11.2. The van der Waals surface area contributed by atoms with E-state index in [1.807, 2.05) is 30.3 Å². The lowest BCUT2D eigenvalue weighted by Gasteiger charge is -2.14. The first-order valence-electron chi connectivity index (χ1n) is 7.40. The summed E-state index contributed by atoms with van der Waals surface area (Å²) in [5.41, 5.74) is 1.04. The van der Waals surface area contributed by atoms with Gasteiger partial charge in [-0.2, -0.15) is 0 Å². The van der Waals surface area contributed by atoms with Gasteiger partial charge in [-0.1, -0.05) is 42.5 Å². The molecular formula is C19H14ClNO2. The van der Waals surface area contributed by atoms with Gasteiger partial charge < -0.3 is 10.4 Å². The van der Waals surface area contributed by atoms with Crippen LogP contribution in [0.5, 0.6) is 5.75 Å². The van der Waals surface area contributed by atoms with Gasteiger partial charge in [0.1, 0.15) is 11.6 Å². The Hall–Kier alpha value is -2.52. The van der Waals surface area contributed by atoms with E-state index in [9.17, 15) is 9.90 Å². The van der Waals surface area contributed by atoms with E-state index in [-0.39, 0.29) is 17.5 Å². The minimum Gasteiger partial charge on any atom is -0.507 e. The standard InChI is InChI=1S/C19H14ClNO2/c20-9-17(23)21-10-13-2-1-11-4-7-15-16(22)8-5-12-3-6-14(13)18(11)19(12)15/h1-8,22H,9-10H2,(H,21,23). The van der Waals surface area contributed by atoms with Crippen LogP contribution in [0.3, 0.4) is 0 Å². The molecule has 4 rings (SSSR count). The number of hydrogen-bond donors (Lipinski definition) is 2. The third-order valence-electron chi connectivity index (χ3n) is 4.33. The molecule has 4 heteroatoms. The van der Waals surface area contributed by atoms with Gasteiger partial charge in [0.05, 0.1) is 0 Å². The number of rotatable bonds is 3. The molecule has 4 aromatic carbocycles. The Morgan fingerprint density at radius 3 is 2.26 bits per heavy atom. The number of benzene rings is 4. The van der Waals surface area contributed by atoms with Gasteiger partial charge in [-0.25, -0.2) is 0 Å². The summed E-state index contributed by atoms with van der Waals surface area (Å²) in [6.45, 7) is 0.436. The zero-order valence-electron chi connectivity index (χ0n) is 12.3. The molecule has 4 aromatic rings. The predicted octanol–water partition coefficient (Wildman–Crippen LogP) is 4.14. The average molecular weight is 324 g/mol. The van der Waals surface area contributed by atoms with Gasteiger partial charge in [-0.05, 0) is 33.2 Å². The minimum atomic E-state index is -0.185. The van der Waals surface area contributed by atoms with E-state index < -0.39 is 0 Å². The highest BCUT2D eigenvalue weighted by molar-refractivity contribution is 6.27. The number of nitrogens with one attached hydrogen (secondary N) is 1. The molecule has 1 amide bonds. The quantitative estimate of drug-likeness (QED) is 0.439. The van der Waals surface area contributed by atoms with Crippen molar-refractivity contribution in [3.8, 4) is 5.75 Å². The molecule has 0 aliphatic heterocycles. The van der Waals surface area contributed by atoms with Crippen molar-refractivity contribution in [2.24, 2.45) is 0 Å². The molecule has 0 saturated heterocycles. The van der Waals surface area contributed by atoms with Crippen molar-refractivity contribution in [2.75, 3.05) is 5.88 Å². The van der Waals surface area contributed by atoms with Gasteiger partial charge in [0.25, 0.3) is 0 Å². The second-order valence-corrected chi connectivity index (χ2v) is 5.91. The summed E-state index contributed by atoms with van der Waals surface area (Å²) in [6, 6.07) is 15.8. The van der Waals surface area contributed by atoms with Gasteiger partial charge in [0, 0.05) is 17.3 Å². The van der Waals surface area contributed by atoms with Crippen molar-refractivity contribution in [1.29, 1.82) is 0 Å². The van der Waals surface area contributed by atoms with Crippen LogP contribution in [0, 0.1) is 0 Å². The summed E-state index contributed by atoms with van der Waals surface area (Å²) in [5.74, 6) is 0.0578. The first-order valence-corrected chi connectivity index (χ1v) is 7.93. The fraction of sp³-hybridized carbons (Fsp3) is 0.105. The molecule has 114 valence electrons. The number of aromatic hydroxyl groups is 1. The van der Waals surface area contributed by atoms with Crippen LogP contribution in [0.4, 0.5) is 0 Å². The van der Waals surface area contributed by atoms with Gasteiger partial charge >= 0.3 is 0 Å². The van der Waals surface area contributed by atoms with Gasteiger partial charge in [-0.15, -0.1) is 11.6 Å². The van der Waals surface area contributed by atoms with Crippen LogP contribution in [0.25, 0.3) is 32.3 Å². The van der Waals surface area contributed by atoms with E-state index in [4.69, 9.17) is 11.6 Å². The summed E-state index contributed by atoms with van der Waals surface area (Å²) in [5, 5.41) is 19.3. The van der Waals surface area contributed by atoms with Crippen LogP contribution in [0.1, 0.15) is 5.56 Å². The van der Waals surface area contributed by atoms with E-state index >= 15 is 0 Å². The number of halogens is 1. The smallest absolute Gasteiger partial charge is 0.235 e. The lowest BCUT2D eigenvalue weighted by atomic mass is 9.91. The van der Waals surface area contributed by atoms with Crippen LogP contribution >= 0.6 is 11.6 Å². The molecule has 0 atom stereocenters. The Kier molecular flexibility index (Phi) is 3.24. The topological polar surface area (TPSA) is 49.3 Å². The monoisotopic (exact) mass is 323 g/mol. The third kappa shape index (κ3) is 2.16. The van der Waals surface area contributed by atoms with E-state index in [2.05, 4.69) is 17.4 Å². The molecule has 3 nitrogen and oxygen atoms in total. The highest BCUT2D eigenvalue weighted by Gasteiger charge is 2.13. The average Bonchev–Trinajstić information content (AvgIpc) is 2.59. The molecule has 0 aliphatic carbocycles. The number of carbonyl (C=O) groups is 1. The molecule has 0 spiro atoms. The number of amides is 1. The lowest BCUT2D eigenvalue weighted by molar-refractivity contribution is -0.118. The largest absolute Gasteiger partial charge is 0.507 e. The molecule has 0 aromatic heterocycles. The molecule has 0 fully saturated rings. The fourth-order valence-corrected chi connectivity index (χ4v) is 3.34. The molecule has 0 heterocycles. The minimum absolute atomic E-state index is 0.0420. The van der Waals surface area contributed by atoms with Gasteiger partial charge in [0.2, 0.25) is 5.91 Å². The number of carbonyl (C=O) groups excluding carboxylic acids is 1. The second-order valence-electron chi connectivity index (χ2n) is 5.64. The lowest BCUT2D eigenvalue weighted by Crippen LogP contribution is -2.23. The maximum absolute atomic E-state index is 11.4. The molecule has 23 heavy (non-hydrogen) atoms. The SMILES string of the molecule is O=C(CCl)NCc1ccc2ccc3c(O)ccc4ccc1c2c43. The first kappa shape index (κ1) is 14.1. The summed E-state index contributed by atoms with van der Waals surface area (Å²) < 4.78 is 0. The Labute approximate surface area is 137 Å². The Bertz CT molecular complexity index is 1040. The third-order valence-corrected chi connectivity index (χ3v) is 4.57. The summed E-state index contributed by atoms with van der Waals surface area (Å²) >= 11 is 5.54. The highest BCUT2D eigenvalue weighted by Crippen LogP contribution is 2.39. The highest BCUT2D eigenvalue weighted by atomic mass is 35.5. The molecular weight excluding hydrogens is 310 g/mol. The number of hydrogen-bond acceptors (Lipinski definition) is 2. The van der Waals surface area contributed by atoms with Crippen molar-refractivity contribution in [3.05, 3.63) is 54.1 Å². The van der Waals surface area contributed by atoms with Crippen molar-refractivity contribution in [3.63, 3.8) is 0 Å². The second kappa shape index (κ2) is 5.28. The van der Waals surface area contributed by atoms with E-state index in [1.165, 1.54) is 0 Å². The van der Waals surface area contributed by atoms with Crippen molar-refractivity contribution in [2.45, 2.75) is 6.54 Å². The maximum Gasteiger partial charge on any atom is 0.235 e. The molecule has 0 unspecified atom stereocenters. The molecule has 0 aliphatic rings. The molecule has 0 saturated carbocycles. The van der Waals surface area contributed by atoms with Gasteiger partial charge in [-0.3, -0.25) is 4.79 Å². The summed E-state index contributed by atoms with van der Waals surface area (Å²) in [7, 11) is 0. The predicted molar refractivity (Wildman–Crippen MR) is 94.4 cm³/mol. The van der Waals surface area contributed by atoms with Crippen LogP contribution < -0.4 is 5.32 Å². The van der Waals surface area contributed by atoms with Crippen molar-refractivity contribution >= 4 is 49.8 Å². The number of phenols is 1. The van der Waals surface area contributed by atoms with E-state index in [1.54, 1.807) is 6.07 Å². The molecule has 0 radical (unpaired) electrons.